The summed E-state index contributed by atoms with van der Waals surface area (Å²) >= 11 is 3.43. The first kappa shape index (κ1) is 16.0. The van der Waals surface area contributed by atoms with Gasteiger partial charge in [0.2, 0.25) is 0 Å². The zero-order valence-corrected chi connectivity index (χ0v) is 14.4. The molecule has 120 valence electrons. The summed E-state index contributed by atoms with van der Waals surface area (Å²) in [6.07, 6.45) is 2.78. The Kier molecular flexibility index (Phi) is 4.39. The van der Waals surface area contributed by atoms with Gasteiger partial charge >= 0.3 is 6.03 Å². The van der Waals surface area contributed by atoms with Crippen LogP contribution in [-0.2, 0) is 6.42 Å². The van der Waals surface area contributed by atoms with Gasteiger partial charge in [0.15, 0.2) is 0 Å². The number of amides is 2. The van der Waals surface area contributed by atoms with Crippen molar-refractivity contribution in [1.82, 2.24) is 5.32 Å². The van der Waals surface area contributed by atoms with E-state index >= 15 is 0 Å². The third kappa shape index (κ3) is 3.91. The predicted molar refractivity (Wildman–Crippen MR) is 93.1 cm³/mol. The molecule has 23 heavy (non-hydrogen) atoms. The molecule has 2 aromatic carbocycles. The van der Waals surface area contributed by atoms with E-state index < -0.39 is 0 Å². The SMILES string of the molecule is CN(C(=O)NC1(Cc2ccc(Br)cc2)CC1)c1ccc(F)cc1. The molecule has 0 unspecified atom stereocenters. The number of anilines is 1. The van der Waals surface area contributed by atoms with Gasteiger partial charge in [-0.05, 0) is 61.2 Å². The molecular weight excluding hydrogens is 359 g/mol. The molecule has 0 radical (unpaired) electrons. The molecule has 0 atom stereocenters. The summed E-state index contributed by atoms with van der Waals surface area (Å²) in [5, 5.41) is 3.12. The molecule has 0 aromatic heterocycles. The third-order valence-corrected chi connectivity index (χ3v) is 4.73. The molecule has 0 heterocycles. The number of benzene rings is 2. The fourth-order valence-electron chi connectivity index (χ4n) is 2.58. The third-order valence-electron chi connectivity index (χ3n) is 4.20. The van der Waals surface area contributed by atoms with Crippen molar-refractivity contribution < 1.29 is 9.18 Å². The Balaban J connectivity index is 1.64. The van der Waals surface area contributed by atoms with Gasteiger partial charge in [-0.2, -0.15) is 0 Å². The average molecular weight is 377 g/mol. The van der Waals surface area contributed by atoms with Crippen LogP contribution in [0, 0.1) is 5.82 Å². The van der Waals surface area contributed by atoms with Crippen molar-refractivity contribution in [1.29, 1.82) is 0 Å². The van der Waals surface area contributed by atoms with Gasteiger partial charge in [0.25, 0.3) is 0 Å². The molecule has 0 aliphatic heterocycles. The summed E-state index contributed by atoms with van der Waals surface area (Å²) in [5.74, 6) is -0.309. The lowest BCUT2D eigenvalue weighted by Crippen LogP contribution is -2.45. The maximum Gasteiger partial charge on any atom is 0.322 e. The minimum absolute atomic E-state index is 0.154. The molecule has 1 N–H and O–H groups in total. The van der Waals surface area contributed by atoms with Crippen LogP contribution in [0.25, 0.3) is 0 Å². The summed E-state index contributed by atoms with van der Waals surface area (Å²) in [6.45, 7) is 0. The second kappa shape index (κ2) is 6.32. The fraction of sp³-hybridized carbons (Fsp3) is 0.278. The molecule has 3 rings (SSSR count). The van der Waals surface area contributed by atoms with Crippen molar-refractivity contribution in [2.75, 3.05) is 11.9 Å². The molecule has 3 nitrogen and oxygen atoms in total. The van der Waals surface area contributed by atoms with Crippen LogP contribution in [0.4, 0.5) is 14.9 Å². The van der Waals surface area contributed by atoms with Crippen LogP contribution >= 0.6 is 15.9 Å². The van der Waals surface area contributed by atoms with Crippen LogP contribution < -0.4 is 10.2 Å². The highest BCUT2D eigenvalue weighted by Gasteiger charge is 2.44. The zero-order chi connectivity index (χ0) is 16.4. The first-order valence-electron chi connectivity index (χ1n) is 7.53. The Bertz CT molecular complexity index is 696. The Morgan fingerprint density at radius 1 is 1.17 bits per heavy atom. The lowest BCUT2D eigenvalue weighted by molar-refractivity contribution is 0.242. The van der Waals surface area contributed by atoms with Crippen molar-refractivity contribution in [2.24, 2.45) is 0 Å². The van der Waals surface area contributed by atoms with Crippen LogP contribution in [-0.4, -0.2) is 18.6 Å². The van der Waals surface area contributed by atoms with Gasteiger partial charge in [0.1, 0.15) is 5.82 Å². The number of nitrogens with zero attached hydrogens (tertiary/aromatic N) is 1. The first-order chi connectivity index (χ1) is 11.0. The number of urea groups is 1. The maximum atomic E-state index is 13.0. The normalized spacial score (nSPS) is 15.1. The molecule has 0 bridgehead atoms. The minimum Gasteiger partial charge on any atom is -0.332 e. The summed E-state index contributed by atoms with van der Waals surface area (Å²) in [6, 6.07) is 13.9. The molecule has 1 aliphatic rings. The van der Waals surface area contributed by atoms with Gasteiger partial charge < -0.3 is 5.32 Å². The van der Waals surface area contributed by atoms with E-state index in [0.29, 0.717) is 5.69 Å². The number of hydrogen-bond acceptors (Lipinski definition) is 1. The molecule has 5 heteroatoms. The average Bonchev–Trinajstić information content (AvgIpc) is 3.29. The monoisotopic (exact) mass is 376 g/mol. The minimum atomic E-state index is -0.309. The summed E-state index contributed by atoms with van der Waals surface area (Å²) in [7, 11) is 1.69. The summed E-state index contributed by atoms with van der Waals surface area (Å²) < 4.78 is 14.0. The van der Waals surface area contributed by atoms with E-state index in [1.807, 2.05) is 12.1 Å². The van der Waals surface area contributed by atoms with Gasteiger partial charge in [-0.3, -0.25) is 4.90 Å². The lowest BCUT2D eigenvalue weighted by atomic mass is 10.0. The molecule has 1 aliphatic carbocycles. The van der Waals surface area contributed by atoms with E-state index in [1.165, 1.54) is 22.6 Å². The molecule has 2 aromatic rings. The Hall–Kier alpha value is -1.88. The van der Waals surface area contributed by atoms with Gasteiger partial charge in [-0.15, -0.1) is 0 Å². The highest BCUT2D eigenvalue weighted by atomic mass is 79.9. The van der Waals surface area contributed by atoms with E-state index in [-0.39, 0.29) is 17.4 Å². The highest BCUT2D eigenvalue weighted by molar-refractivity contribution is 9.10. The van der Waals surface area contributed by atoms with Crippen LogP contribution in [0.1, 0.15) is 18.4 Å². The van der Waals surface area contributed by atoms with E-state index in [4.69, 9.17) is 0 Å². The Labute approximate surface area is 143 Å². The second-order valence-electron chi connectivity index (χ2n) is 6.05. The Morgan fingerprint density at radius 2 is 1.78 bits per heavy atom. The van der Waals surface area contributed by atoms with E-state index in [1.54, 1.807) is 19.2 Å². The van der Waals surface area contributed by atoms with Crippen molar-refractivity contribution in [2.45, 2.75) is 24.8 Å². The van der Waals surface area contributed by atoms with Crippen LogP contribution in [0.3, 0.4) is 0 Å². The van der Waals surface area contributed by atoms with Gasteiger partial charge in [0.05, 0.1) is 0 Å². The fourth-order valence-corrected chi connectivity index (χ4v) is 2.85. The van der Waals surface area contributed by atoms with Crippen LogP contribution in [0.5, 0.6) is 0 Å². The number of carbonyl (C=O) groups excluding carboxylic acids is 1. The summed E-state index contributed by atoms with van der Waals surface area (Å²) in [5.41, 5.74) is 1.72. The zero-order valence-electron chi connectivity index (χ0n) is 12.9. The molecule has 0 saturated heterocycles. The predicted octanol–water partition coefficient (Wildman–Crippen LogP) is 4.51. The van der Waals surface area contributed by atoms with Crippen molar-refractivity contribution >= 4 is 27.6 Å². The second-order valence-corrected chi connectivity index (χ2v) is 6.96. The van der Waals surface area contributed by atoms with Gasteiger partial charge in [-0.1, -0.05) is 28.1 Å². The molecule has 1 saturated carbocycles. The summed E-state index contributed by atoms with van der Waals surface area (Å²) in [4.78, 5) is 14.0. The lowest BCUT2D eigenvalue weighted by Gasteiger charge is -2.23. The maximum absolute atomic E-state index is 13.0. The van der Waals surface area contributed by atoms with Crippen molar-refractivity contribution in [3.8, 4) is 0 Å². The van der Waals surface area contributed by atoms with Crippen LogP contribution in [0.2, 0.25) is 0 Å². The molecular formula is C18H18BrFN2O. The van der Waals surface area contributed by atoms with E-state index in [0.717, 1.165) is 23.7 Å². The standard InChI is InChI=1S/C18H18BrFN2O/c1-22(16-8-6-15(20)7-9-16)17(23)21-18(10-11-18)12-13-2-4-14(19)5-3-13/h2-9H,10-12H2,1H3,(H,21,23). The van der Waals surface area contributed by atoms with E-state index in [2.05, 4.69) is 33.4 Å². The number of halogens is 2. The van der Waals surface area contributed by atoms with E-state index in [9.17, 15) is 9.18 Å². The molecule has 2 amide bonds. The largest absolute Gasteiger partial charge is 0.332 e. The van der Waals surface area contributed by atoms with Crippen molar-refractivity contribution in [3.63, 3.8) is 0 Å². The van der Waals surface area contributed by atoms with Gasteiger partial charge in [-0.25, -0.2) is 9.18 Å². The Morgan fingerprint density at radius 3 is 2.35 bits per heavy atom. The number of rotatable bonds is 4. The quantitative estimate of drug-likeness (QED) is 0.836. The highest BCUT2D eigenvalue weighted by Crippen LogP contribution is 2.39. The van der Waals surface area contributed by atoms with Crippen molar-refractivity contribution in [3.05, 3.63) is 64.4 Å². The first-order valence-corrected chi connectivity index (χ1v) is 8.33. The number of carbonyl (C=O) groups is 1. The smallest absolute Gasteiger partial charge is 0.322 e. The molecule has 0 spiro atoms. The van der Waals surface area contributed by atoms with Gasteiger partial charge in [0, 0.05) is 22.7 Å². The number of hydrogen-bond donors (Lipinski definition) is 1. The number of nitrogens with one attached hydrogen (secondary N) is 1. The topological polar surface area (TPSA) is 32.3 Å². The molecule has 1 fully saturated rings. The van der Waals surface area contributed by atoms with Crippen LogP contribution in [0.15, 0.2) is 53.0 Å².